The van der Waals surface area contributed by atoms with Gasteiger partial charge in [0.15, 0.2) is 0 Å². The molecule has 1 heterocycles. The Bertz CT molecular complexity index is 551. The fourth-order valence-corrected chi connectivity index (χ4v) is 1.54. The summed E-state index contributed by atoms with van der Waals surface area (Å²) in [5.74, 6) is 1.27. The van der Waals surface area contributed by atoms with Crippen LogP contribution in [0.15, 0.2) is 30.5 Å². The van der Waals surface area contributed by atoms with Gasteiger partial charge in [-0.1, -0.05) is 0 Å². The number of nitrogens with zero attached hydrogens (tertiary/aromatic N) is 3. The third kappa shape index (κ3) is 2.06. The highest BCUT2D eigenvalue weighted by Gasteiger charge is 2.08. The van der Waals surface area contributed by atoms with Crippen LogP contribution in [0.5, 0.6) is 5.75 Å². The van der Waals surface area contributed by atoms with E-state index >= 15 is 0 Å². The lowest BCUT2D eigenvalue weighted by Gasteiger charge is -2.05. The molecule has 0 radical (unpaired) electrons. The minimum absolute atomic E-state index is 0.266. The molecule has 5 heteroatoms. The van der Waals surface area contributed by atoms with Crippen molar-refractivity contribution in [2.45, 2.75) is 6.42 Å². The van der Waals surface area contributed by atoms with Crippen molar-refractivity contribution >= 4 is 5.82 Å². The number of ether oxygens (including phenoxy) is 1. The van der Waals surface area contributed by atoms with Crippen LogP contribution >= 0.6 is 0 Å². The number of nitrogen functional groups attached to an aromatic ring is 1. The Labute approximate surface area is 99.0 Å². The molecule has 0 fully saturated rings. The largest absolute Gasteiger partial charge is 0.497 e. The summed E-state index contributed by atoms with van der Waals surface area (Å²) in [4.78, 5) is 0. The van der Waals surface area contributed by atoms with Crippen LogP contribution in [0.25, 0.3) is 5.69 Å². The number of rotatable bonds is 3. The Morgan fingerprint density at radius 2 is 2.12 bits per heavy atom. The van der Waals surface area contributed by atoms with Gasteiger partial charge in [-0.25, -0.2) is 4.68 Å². The third-order valence-electron chi connectivity index (χ3n) is 2.47. The predicted molar refractivity (Wildman–Crippen MR) is 63.8 cm³/mol. The lowest BCUT2D eigenvalue weighted by molar-refractivity contribution is 0.414. The molecule has 0 spiro atoms. The van der Waals surface area contributed by atoms with Crippen molar-refractivity contribution in [1.82, 2.24) is 9.78 Å². The topological polar surface area (TPSA) is 76.9 Å². The van der Waals surface area contributed by atoms with E-state index in [0.29, 0.717) is 5.82 Å². The second-order valence-electron chi connectivity index (χ2n) is 3.50. The van der Waals surface area contributed by atoms with Crippen molar-refractivity contribution in [1.29, 1.82) is 5.26 Å². The van der Waals surface area contributed by atoms with E-state index in [1.54, 1.807) is 18.0 Å². The Morgan fingerprint density at radius 3 is 2.71 bits per heavy atom. The fraction of sp³-hybridized carbons (Fsp3) is 0.167. The van der Waals surface area contributed by atoms with Gasteiger partial charge >= 0.3 is 0 Å². The van der Waals surface area contributed by atoms with Crippen molar-refractivity contribution in [3.8, 4) is 17.5 Å². The average molecular weight is 228 g/mol. The van der Waals surface area contributed by atoms with Gasteiger partial charge < -0.3 is 10.5 Å². The molecule has 0 bridgehead atoms. The van der Waals surface area contributed by atoms with E-state index in [2.05, 4.69) is 11.2 Å². The van der Waals surface area contributed by atoms with Gasteiger partial charge in [0.25, 0.3) is 0 Å². The lowest BCUT2D eigenvalue weighted by atomic mass is 10.2. The summed E-state index contributed by atoms with van der Waals surface area (Å²) in [6.07, 6.45) is 1.88. The smallest absolute Gasteiger partial charge is 0.131 e. The van der Waals surface area contributed by atoms with Crippen LogP contribution in [0.2, 0.25) is 0 Å². The Hall–Kier alpha value is -2.48. The molecule has 1 aromatic heterocycles. The number of hydrogen-bond donors (Lipinski definition) is 1. The van der Waals surface area contributed by atoms with Crippen molar-refractivity contribution in [2.75, 3.05) is 12.8 Å². The van der Waals surface area contributed by atoms with Crippen molar-refractivity contribution < 1.29 is 4.74 Å². The first-order valence-corrected chi connectivity index (χ1v) is 5.10. The number of benzene rings is 1. The number of hydrogen-bond acceptors (Lipinski definition) is 4. The summed E-state index contributed by atoms with van der Waals surface area (Å²) < 4.78 is 6.68. The molecule has 2 N–H and O–H groups in total. The maximum Gasteiger partial charge on any atom is 0.131 e. The number of methoxy groups -OCH3 is 1. The minimum atomic E-state index is 0.266. The molecule has 5 nitrogen and oxygen atoms in total. The van der Waals surface area contributed by atoms with Crippen molar-refractivity contribution in [2.24, 2.45) is 0 Å². The number of anilines is 1. The van der Waals surface area contributed by atoms with Crippen molar-refractivity contribution in [3.63, 3.8) is 0 Å². The first kappa shape index (κ1) is 11.0. The van der Waals surface area contributed by atoms with Crippen LogP contribution in [0, 0.1) is 11.3 Å². The Balaban J connectivity index is 2.36. The monoisotopic (exact) mass is 228 g/mol. The molecule has 0 aliphatic heterocycles. The maximum atomic E-state index is 8.63. The summed E-state index contributed by atoms with van der Waals surface area (Å²) >= 11 is 0. The second kappa shape index (κ2) is 4.58. The standard InChI is InChI=1S/C12H12N4O/c1-17-11-4-2-10(3-5-11)16-12(14)9(6-7-13)8-15-16/h2-5,8H,6,14H2,1H3. The van der Waals surface area contributed by atoms with Gasteiger partial charge in [0.05, 0.1) is 31.5 Å². The molecule has 2 rings (SSSR count). The number of nitriles is 1. The molecule has 0 saturated heterocycles. The van der Waals surface area contributed by atoms with E-state index in [1.807, 2.05) is 24.3 Å². The second-order valence-corrected chi connectivity index (χ2v) is 3.50. The third-order valence-corrected chi connectivity index (χ3v) is 2.47. The Kier molecular flexibility index (Phi) is 2.97. The SMILES string of the molecule is COc1ccc(-n2ncc(CC#N)c2N)cc1. The highest BCUT2D eigenvalue weighted by Crippen LogP contribution is 2.19. The molecule has 0 amide bonds. The summed E-state index contributed by atoms with van der Waals surface area (Å²) in [5.41, 5.74) is 7.49. The molecule has 0 aliphatic rings. The van der Waals surface area contributed by atoms with E-state index in [-0.39, 0.29) is 6.42 Å². The van der Waals surface area contributed by atoms with E-state index in [1.165, 1.54) is 0 Å². The van der Waals surface area contributed by atoms with Gasteiger partial charge in [0, 0.05) is 5.56 Å². The molecule has 2 aromatic rings. The van der Waals surface area contributed by atoms with Gasteiger partial charge in [0.1, 0.15) is 11.6 Å². The van der Waals surface area contributed by atoms with Gasteiger partial charge in [-0.05, 0) is 24.3 Å². The molecular formula is C12H12N4O. The molecule has 0 saturated carbocycles. The first-order chi connectivity index (χ1) is 8.26. The van der Waals surface area contributed by atoms with Crippen LogP contribution in [0.1, 0.15) is 5.56 Å². The van der Waals surface area contributed by atoms with Crippen LogP contribution in [-0.4, -0.2) is 16.9 Å². The zero-order valence-electron chi connectivity index (χ0n) is 9.42. The molecule has 0 aliphatic carbocycles. The van der Waals surface area contributed by atoms with Gasteiger partial charge in [-0.15, -0.1) is 0 Å². The molecule has 0 unspecified atom stereocenters. The number of aromatic nitrogens is 2. The summed E-state index contributed by atoms with van der Waals surface area (Å²) in [6.45, 7) is 0. The highest BCUT2D eigenvalue weighted by molar-refractivity contribution is 5.48. The van der Waals surface area contributed by atoms with E-state index in [0.717, 1.165) is 17.0 Å². The maximum absolute atomic E-state index is 8.63. The Morgan fingerprint density at radius 1 is 1.41 bits per heavy atom. The van der Waals surface area contributed by atoms with Crippen LogP contribution in [0.3, 0.4) is 0 Å². The molecule has 86 valence electrons. The fourth-order valence-electron chi connectivity index (χ4n) is 1.54. The van der Waals surface area contributed by atoms with Crippen molar-refractivity contribution in [3.05, 3.63) is 36.0 Å². The van der Waals surface area contributed by atoms with E-state index < -0.39 is 0 Å². The quantitative estimate of drug-likeness (QED) is 0.864. The van der Waals surface area contributed by atoms with E-state index in [9.17, 15) is 0 Å². The lowest BCUT2D eigenvalue weighted by Crippen LogP contribution is -2.02. The molecule has 0 atom stereocenters. The van der Waals surface area contributed by atoms with Gasteiger partial charge in [-0.3, -0.25) is 0 Å². The minimum Gasteiger partial charge on any atom is -0.497 e. The summed E-state index contributed by atoms with van der Waals surface area (Å²) in [5, 5.41) is 12.8. The zero-order valence-corrected chi connectivity index (χ0v) is 9.42. The van der Waals surface area contributed by atoms with Crippen LogP contribution < -0.4 is 10.5 Å². The first-order valence-electron chi connectivity index (χ1n) is 5.10. The highest BCUT2D eigenvalue weighted by atomic mass is 16.5. The van der Waals surface area contributed by atoms with Crippen LogP contribution in [0.4, 0.5) is 5.82 Å². The molecule has 17 heavy (non-hydrogen) atoms. The molecular weight excluding hydrogens is 216 g/mol. The normalized spacial score (nSPS) is 9.88. The summed E-state index contributed by atoms with van der Waals surface area (Å²) in [6, 6.07) is 9.44. The molecule has 1 aromatic carbocycles. The predicted octanol–water partition coefficient (Wildman–Crippen LogP) is 1.53. The average Bonchev–Trinajstić information content (AvgIpc) is 2.72. The van der Waals surface area contributed by atoms with Gasteiger partial charge in [-0.2, -0.15) is 10.4 Å². The van der Waals surface area contributed by atoms with E-state index in [4.69, 9.17) is 15.7 Å². The van der Waals surface area contributed by atoms with Crippen LogP contribution in [-0.2, 0) is 6.42 Å². The van der Waals surface area contributed by atoms with Gasteiger partial charge in [0.2, 0.25) is 0 Å². The summed E-state index contributed by atoms with van der Waals surface area (Å²) in [7, 11) is 1.61. The number of nitrogens with two attached hydrogens (primary N) is 1. The zero-order chi connectivity index (χ0) is 12.3.